The quantitative estimate of drug-likeness (QED) is 0.769. The van der Waals surface area contributed by atoms with Crippen molar-refractivity contribution in [3.05, 3.63) is 29.8 Å². The van der Waals surface area contributed by atoms with Crippen molar-refractivity contribution < 1.29 is 4.74 Å². The van der Waals surface area contributed by atoms with Crippen molar-refractivity contribution in [1.82, 2.24) is 5.32 Å². The van der Waals surface area contributed by atoms with Crippen LogP contribution in [0.4, 0.5) is 0 Å². The zero-order valence-corrected chi connectivity index (χ0v) is 12.3. The Morgan fingerprint density at radius 2 is 2.00 bits per heavy atom. The summed E-state index contributed by atoms with van der Waals surface area (Å²) >= 11 is 1.95. The number of hydrogen-bond donors (Lipinski definition) is 1. The molecule has 1 atom stereocenters. The monoisotopic (exact) mass is 277 g/mol. The van der Waals surface area contributed by atoms with Gasteiger partial charge in [-0.1, -0.05) is 12.1 Å². The molecule has 1 saturated carbocycles. The Hall–Kier alpha value is -0.510. The van der Waals surface area contributed by atoms with E-state index in [4.69, 9.17) is 4.74 Å². The summed E-state index contributed by atoms with van der Waals surface area (Å²) in [5.41, 5.74) is 1.40. The van der Waals surface area contributed by atoms with Crippen molar-refractivity contribution in [3.8, 4) is 0 Å². The minimum atomic E-state index is 0.523. The molecule has 2 aliphatic rings. The van der Waals surface area contributed by atoms with E-state index in [9.17, 15) is 0 Å². The van der Waals surface area contributed by atoms with E-state index in [-0.39, 0.29) is 0 Å². The third kappa shape index (κ3) is 4.51. The molecular formula is C16H23NOS. The van der Waals surface area contributed by atoms with Crippen molar-refractivity contribution in [1.29, 1.82) is 0 Å². The molecule has 1 aromatic carbocycles. The average Bonchev–Trinajstić information content (AvgIpc) is 3.13. The van der Waals surface area contributed by atoms with Crippen LogP contribution in [-0.2, 0) is 11.3 Å². The predicted octanol–water partition coefficient (Wildman–Crippen LogP) is 3.60. The van der Waals surface area contributed by atoms with Gasteiger partial charge in [0.1, 0.15) is 0 Å². The molecule has 3 heteroatoms. The molecule has 3 rings (SSSR count). The highest BCUT2D eigenvalue weighted by atomic mass is 32.2. The maximum absolute atomic E-state index is 5.65. The Kier molecular flexibility index (Phi) is 4.81. The number of thioether (sulfide) groups is 1. The van der Waals surface area contributed by atoms with Gasteiger partial charge < -0.3 is 10.1 Å². The minimum absolute atomic E-state index is 0.523. The Morgan fingerprint density at radius 3 is 2.68 bits per heavy atom. The van der Waals surface area contributed by atoms with Gasteiger partial charge in [-0.25, -0.2) is 0 Å². The van der Waals surface area contributed by atoms with Gasteiger partial charge in [-0.05, 0) is 49.8 Å². The van der Waals surface area contributed by atoms with E-state index < -0.39 is 0 Å². The summed E-state index contributed by atoms with van der Waals surface area (Å²) in [6.07, 6.45) is 6.93. The van der Waals surface area contributed by atoms with Crippen molar-refractivity contribution in [2.24, 2.45) is 0 Å². The van der Waals surface area contributed by atoms with Crippen LogP contribution in [0.2, 0.25) is 0 Å². The zero-order valence-electron chi connectivity index (χ0n) is 11.4. The molecule has 0 radical (unpaired) electrons. The third-order valence-electron chi connectivity index (χ3n) is 3.83. The Bertz CT molecular complexity index is 382. The van der Waals surface area contributed by atoms with E-state index in [0.29, 0.717) is 6.10 Å². The summed E-state index contributed by atoms with van der Waals surface area (Å²) in [5, 5.41) is 3.55. The van der Waals surface area contributed by atoms with Gasteiger partial charge in [0, 0.05) is 29.8 Å². The smallest absolute Gasteiger partial charge is 0.0584 e. The highest BCUT2D eigenvalue weighted by Gasteiger charge is 2.19. The molecule has 1 aliphatic heterocycles. The molecule has 1 aromatic rings. The fourth-order valence-corrected chi connectivity index (χ4v) is 3.38. The summed E-state index contributed by atoms with van der Waals surface area (Å²) in [6.45, 7) is 1.99. The van der Waals surface area contributed by atoms with Gasteiger partial charge in [-0.2, -0.15) is 0 Å². The third-order valence-corrected chi connectivity index (χ3v) is 4.87. The first kappa shape index (κ1) is 13.5. The number of hydrogen-bond acceptors (Lipinski definition) is 3. The molecule has 2 fully saturated rings. The molecule has 1 aliphatic carbocycles. The Balaban J connectivity index is 1.37. The molecule has 1 unspecified atom stereocenters. The van der Waals surface area contributed by atoms with Crippen molar-refractivity contribution in [2.75, 3.05) is 12.4 Å². The van der Waals surface area contributed by atoms with Gasteiger partial charge in [0.05, 0.1) is 6.10 Å². The van der Waals surface area contributed by atoms with E-state index in [0.717, 1.165) is 19.2 Å². The van der Waals surface area contributed by atoms with Crippen LogP contribution in [0.5, 0.6) is 0 Å². The number of benzene rings is 1. The lowest BCUT2D eigenvalue weighted by atomic mass is 10.2. The van der Waals surface area contributed by atoms with E-state index >= 15 is 0 Å². The average molecular weight is 277 g/mol. The van der Waals surface area contributed by atoms with Crippen LogP contribution < -0.4 is 5.32 Å². The predicted molar refractivity (Wildman–Crippen MR) is 80.6 cm³/mol. The second-order valence-corrected chi connectivity index (χ2v) is 6.74. The van der Waals surface area contributed by atoms with Crippen LogP contribution in [0.1, 0.15) is 37.7 Å². The molecule has 1 N–H and O–H groups in total. The number of rotatable bonds is 7. The van der Waals surface area contributed by atoms with E-state index in [2.05, 4.69) is 29.6 Å². The van der Waals surface area contributed by atoms with Gasteiger partial charge in [0.15, 0.2) is 0 Å². The molecule has 1 saturated heterocycles. The van der Waals surface area contributed by atoms with Crippen LogP contribution >= 0.6 is 11.8 Å². The van der Waals surface area contributed by atoms with Gasteiger partial charge in [0.2, 0.25) is 0 Å². The maximum Gasteiger partial charge on any atom is 0.0584 e. The SMILES string of the molecule is c1cc(SCCC2CCCO2)ccc1CNC1CC1. The summed E-state index contributed by atoms with van der Waals surface area (Å²) in [6, 6.07) is 9.81. The molecule has 0 aromatic heterocycles. The second kappa shape index (κ2) is 6.78. The summed E-state index contributed by atoms with van der Waals surface area (Å²) in [4.78, 5) is 1.38. The molecule has 104 valence electrons. The van der Waals surface area contributed by atoms with Crippen molar-refractivity contribution >= 4 is 11.8 Å². The van der Waals surface area contributed by atoms with Crippen LogP contribution in [0.15, 0.2) is 29.2 Å². The van der Waals surface area contributed by atoms with E-state index in [1.54, 1.807) is 0 Å². The number of ether oxygens (including phenoxy) is 1. The fraction of sp³-hybridized carbons (Fsp3) is 0.625. The number of nitrogens with one attached hydrogen (secondary N) is 1. The molecule has 0 bridgehead atoms. The van der Waals surface area contributed by atoms with E-state index in [1.807, 2.05) is 11.8 Å². The standard InChI is InChI=1S/C16H23NOS/c1-2-15(18-10-1)9-11-19-16-7-3-13(4-8-16)12-17-14-5-6-14/h3-4,7-8,14-15,17H,1-2,5-6,9-12H2. The molecule has 0 spiro atoms. The van der Waals surface area contributed by atoms with Gasteiger partial charge in [-0.15, -0.1) is 11.8 Å². The summed E-state index contributed by atoms with van der Waals surface area (Å²) < 4.78 is 5.65. The second-order valence-electron chi connectivity index (χ2n) is 5.57. The molecule has 19 heavy (non-hydrogen) atoms. The van der Waals surface area contributed by atoms with Crippen molar-refractivity contribution in [2.45, 2.75) is 55.7 Å². The lowest BCUT2D eigenvalue weighted by molar-refractivity contribution is 0.109. The molecule has 0 amide bonds. The van der Waals surface area contributed by atoms with Gasteiger partial charge in [-0.3, -0.25) is 0 Å². The first-order valence-corrected chi connectivity index (χ1v) is 8.45. The highest BCUT2D eigenvalue weighted by Crippen LogP contribution is 2.24. The Morgan fingerprint density at radius 1 is 1.16 bits per heavy atom. The fourth-order valence-electron chi connectivity index (χ4n) is 2.43. The van der Waals surface area contributed by atoms with Gasteiger partial charge in [0.25, 0.3) is 0 Å². The lowest BCUT2D eigenvalue weighted by Crippen LogP contribution is -2.14. The molecular weight excluding hydrogens is 254 g/mol. The minimum Gasteiger partial charge on any atom is -0.378 e. The highest BCUT2D eigenvalue weighted by molar-refractivity contribution is 7.99. The van der Waals surface area contributed by atoms with Gasteiger partial charge >= 0.3 is 0 Å². The first-order valence-electron chi connectivity index (χ1n) is 7.47. The Labute approximate surface area is 120 Å². The van der Waals surface area contributed by atoms with Crippen molar-refractivity contribution in [3.63, 3.8) is 0 Å². The first-order chi connectivity index (χ1) is 9.40. The van der Waals surface area contributed by atoms with Crippen LogP contribution in [0.3, 0.4) is 0 Å². The normalized spacial score (nSPS) is 22.8. The zero-order chi connectivity index (χ0) is 12.9. The van der Waals surface area contributed by atoms with Crippen LogP contribution in [0, 0.1) is 0 Å². The molecule has 1 heterocycles. The molecule has 2 nitrogen and oxygen atoms in total. The summed E-state index contributed by atoms with van der Waals surface area (Å²) in [7, 11) is 0. The summed E-state index contributed by atoms with van der Waals surface area (Å²) in [5.74, 6) is 1.17. The topological polar surface area (TPSA) is 21.3 Å². The lowest BCUT2D eigenvalue weighted by Gasteiger charge is -2.09. The van der Waals surface area contributed by atoms with Crippen LogP contribution in [0.25, 0.3) is 0 Å². The van der Waals surface area contributed by atoms with E-state index in [1.165, 1.54) is 48.3 Å². The maximum atomic E-state index is 5.65. The largest absolute Gasteiger partial charge is 0.378 e. The van der Waals surface area contributed by atoms with Crippen LogP contribution in [-0.4, -0.2) is 24.5 Å².